The van der Waals surface area contributed by atoms with Crippen LogP contribution in [0.3, 0.4) is 0 Å². The molecule has 8 heteroatoms. The first-order chi connectivity index (χ1) is 11.9. The van der Waals surface area contributed by atoms with Crippen molar-refractivity contribution in [1.29, 1.82) is 0 Å². The van der Waals surface area contributed by atoms with Crippen LogP contribution in [0.1, 0.15) is 34.6 Å². The molecule has 0 unspecified atom stereocenters. The molecule has 2 aromatic heterocycles. The molecular formula is C17H24N4O3S. The van der Waals surface area contributed by atoms with Crippen molar-refractivity contribution in [3.8, 4) is 0 Å². The highest BCUT2D eigenvalue weighted by Crippen LogP contribution is 2.28. The molecule has 25 heavy (non-hydrogen) atoms. The van der Waals surface area contributed by atoms with Crippen LogP contribution in [0.15, 0.2) is 18.5 Å². The minimum Gasteiger partial charge on any atom is -0.462 e. The standard InChI is InChI=1S/C17H24N4O3S/c1-5-21-10-13(8-18-21)9-20(4)11-15(22)19-16-14(7-12(3)25-16)17(23)24-6-2/h7-8,10H,5-6,9,11H2,1-4H3,(H,19,22). The quantitative estimate of drug-likeness (QED) is 0.729. The van der Waals surface area contributed by atoms with E-state index >= 15 is 0 Å². The Hall–Kier alpha value is -2.19. The molecule has 2 heterocycles. The Morgan fingerprint density at radius 1 is 1.40 bits per heavy atom. The molecule has 0 atom stereocenters. The monoisotopic (exact) mass is 364 g/mol. The second-order valence-corrected chi connectivity index (χ2v) is 7.00. The van der Waals surface area contributed by atoms with E-state index in [1.54, 1.807) is 19.2 Å². The van der Waals surface area contributed by atoms with Crippen molar-refractivity contribution in [3.05, 3.63) is 34.5 Å². The Kier molecular flexibility index (Phi) is 6.72. The third-order valence-corrected chi connectivity index (χ3v) is 4.45. The SMILES string of the molecule is CCOC(=O)c1cc(C)sc1NC(=O)CN(C)Cc1cnn(CC)c1. The number of aryl methyl sites for hydroxylation is 2. The van der Waals surface area contributed by atoms with Crippen LogP contribution in [-0.4, -0.2) is 46.8 Å². The number of amides is 1. The van der Waals surface area contributed by atoms with Crippen LogP contribution in [-0.2, 0) is 22.6 Å². The fraction of sp³-hybridized carbons (Fsp3) is 0.471. The number of anilines is 1. The molecule has 0 aliphatic rings. The maximum absolute atomic E-state index is 12.3. The van der Waals surface area contributed by atoms with Gasteiger partial charge < -0.3 is 10.1 Å². The lowest BCUT2D eigenvalue weighted by atomic mass is 10.3. The van der Waals surface area contributed by atoms with Crippen LogP contribution >= 0.6 is 11.3 Å². The minimum absolute atomic E-state index is 0.169. The zero-order valence-corrected chi connectivity index (χ0v) is 15.9. The van der Waals surface area contributed by atoms with Gasteiger partial charge in [0.25, 0.3) is 0 Å². The second-order valence-electron chi connectivity index (χ2n) is 5.75. The minimum atomic E-state index is -0.414. The Morgan fingerprint density at radius 2 is 2.16 bits per heavy atom. The van der Waals surface area contributed by atoms with Gasteiger partial charge in [-0.3, -0.25) is 14.4 Å². The Morgan fingerprint density at radius 3 is 2.80 bits per heavy atom. The molecule has 0 bridgehead atoms. The van der Waals surface area contributed by atoms with Crippen LogP contribution in [0.25, 0.3) is 0 Å². The number of hydrogen-bond donors (Lipinski definition) is 1. The third-order valence-electron chi connectivity index (χ3n) is 3.48. The summed E-state index contributed by atoms with van der Waals surface area (Å²) in [5, 5.41) is 7.58. The fourth-order valence-electron chi connectivity index (χ4n) is 2.41. The average molecular weight is 364 g/mol. The largest absolute Gasteiger partial charge is 0.462 e. The molecular weight excluding hydrogens is 340 g/mol. The first kappa shape index (κ1) is 19.1. The Labute approximate surface area is 151 Å². The van der Waals surface area contributed by atoms with Crippen LogP contribution in [0.4, 0.5) is 5.00 Å². The van der Waals surface area contributed by atoms with Crippen molar-refractivity contribution >= 4 is 28.2 Å². The van der Waals surface area contributed by atoms with E-state index in [1.165, 1.54) is 11.3 Å². The molecule has 0 spiro atoms. The van der Waals surface area contributed by atoms with E-state index in [0.29, 0.717) is 23.7 Å². The molecule has 0 radical (unpaired) electrons. The number of hydrogen-bond acceptors (Lipinski definition) is 6. The van der Waals surface area contributed by atoms with Gasteiger partial charge in [-0.15, -0.1) is 11.3 Å². The molecule has 0 fully saturated rings. The summed E-state index contributed by atoms with van der Waals surface area (Å²) < 4.78 is 6.88. The molecule has 0 saturated carbocycles. The summed E-state index contributed by atoms with van der Waals surface area (Å²) in [5.41, 5.74) is 1.46. The number of esters is 1. The van der Waals surface area contributed by atoms with E-state index in [2.05, 4.69) is 10.4 Å². The van der Waals surface area contributed by atoms with Gasteiger partial charge in [0.2, 0.25) is 5.91 Å². The molecule has 1 amide bonds. The predicted octanol–water partition coefficient (Wildman–Crippen LogP) is 2.52. The number of rotatable bonds is 8. The molecule has 2 rings (SSSR count). The number of aromatic nitrogens is 2. The second kappa shape index (κ2) is 8.77. The van der Waals surface area contributed by atoms with E-state index in [1.807, 2.05) is 36.7 Å². The third kappa shape index (κ3) is 5.40. The number of nitrogens with zero attached hydrogens (tertiary/aromatic N) is 3. The molecule has 136 valence electrons. The highest BCUT2D eigenvalue weighted by atomic mass is 32.1. The van der Waals surface area contributed by atoms with E-state index in [9.17, 15) is 9.59 Å². The summed E-state index contributed by atoms with van der Waals surface area (Å²) in [6.07, 6.45) is 3.77. The highest BCUT2D eigenvalue weighted by Gasteiger charge is 2.18. The van der Waals surface area contributed by atoms with Crippen molar-refractivity contribution in [2.24, 2.45) is 0 Å². The smallest absolute Gasteiger partial charge is 0.341 e. The van der Waals surface area contributed by atoms with E-state index in [4.69, 9.17) is 4.74 Å². The van der Waals surface area contributed by atoms with Gasteiger partial charge in [-0.25, -0.2) is 4.79 Å². The number of carbonyl (C=O) groups is 2. The summed E-state index contributed by atoms with van der Waals surface area (Å²) in [6.45, 7) is 7.63. The Balaban J connectivity index is 1.94. The van der Waals surface area contributed by atoms with Crippen LogP contribution in [0.5, 0.6) is 0 Å². The first-order valence-corrected chi connectivity index (χ1v) is 9.01. The lowest BCUT2D eigenvalue weighted by molar-refractivity contribution is -0.117. The lowest BCUT2D eigenvalue weighted by Gasteiger charge is -2.15. The maximum Gasteiger partial charge on any atom is 0.341 e. The van der Waals surface area contributed by atoms with Gasteiger partial charge >= 0.3 is 5.97 Å². The van der Waals surface area contributed by atoms with Crippen LogP contribution in [0.2, 0.25) is 0 Å². The molecule has 0 aliphatic heterocycles. The molecule has 7 nitrogen and oxygen atoms in total. The van der Waals surface area contributed by atoms with Crippen LogP contribution < -0.4 is 5.32 Å². The van der Waals surface area contributed by atoms with Gasteiger partial charge in [0.15, 0.2) is 0 Å². The zero-order chi connectivity index (χ0) is 18.4. The van der Waals surface area contributed by atoms with Crippen molar-refractivity contribution in [2.75, 3.05) is 25.5 Å². The van der Waals surface area contributed by atoms with Crippen molar-refractivity contribution in [2.45, 2.75) is 33.9 Å². The van der Waals surface area contributed by atoms with Crippen molar-refractivity contribution < 1.29 is 14.3 Å². The maximum atomic E-state index is 12.3. The van der Waals surface area contributed by atoms with E-state index in [-0.39, 0.29) is 12.5 Å². The molecule has 0 aromatic carbocycles. The van der Waals surface area contributed by atoms with Gasteiger partial charge in [0.1, 0.15) is 5.00 Å². The number of thiophene rings is 1. The highest BCUT2D eigenvalue weighted by molar-refractivity contribution is 7.16. The van der Waals surface area contributed by atoms with E-state index < -0.39 is 5.97 Å². The van der Waals surface area contributed by atoms with Gasteiger partial charge in [-0.2, -0.15) is 5.10 Å². The van der Waals surface area contributed by atoms with Gasteiger partial charge in [0.05, 0.1) is 24.9 Å². The Bertz CT molecular complexity index is 738. The summed E-state index contributed by atoms with van der Waals surface area (Å²) in [6, 6.07) is 1.74. The topological polar surface area (TPSA) is 76.5 Å². The molecule has 0 aliphatic carbocycles. The van der Waals surface area contributed by atoms with Crippen LogP contribution in [0, 0.1) is 6.92 Å². The van der Waals surface area contributed by atoms with E-state index in [0.717, 1.165) is 17.0 Å². The average Bonchev–Trinajstić information content (AvgIpc) is 3.13. The molecule has 1 N–H and O–H groups in total. The summed E-state index contributed by atoms with van der Waals surface area (Å²) >= 11 is 1.37. The lowest BCUT2D eigenvalue weighted by Crippen LogP contribution is -2.30. The number of nitrogens with one attached hydrogen (secondary N) is 1. The number of likely N-dealkylation sites (N-methyl/N-ethyl adjacent to an activating group) is 1. The molecule has 0 saturated heterocycles. The fourth-order valence-corrected chi connectivity index (χ4v) is 3.32. The summed E-state index contributed by atoms with van der Waals surface area (Å²) in [7, 11) is 1.87. The molecule has 2 aromatic rings. The number of carbonyl (C=O) groups excluding carboxylic acids is 2. The summed E-state index contributed by atoms with van der Waals surface area (Å²) in [5.74, 6) is -0.583. The number of ether oxygens (including phenoxy) is 1. The summed E-state index contributed by atoms with van der Waals surface area (Å²) in [4.78, 5) is 27.1. The van der Waals surface area contributed by atoms with Crippen molar-refractivity contribution in [3.63, 3.8) is 0 Å². The zero-order valence-electron chi connectivity index (χ0n) is 15.0. The normalized spacial score (nSPS) is 10.9. The van der Waals surface area contributed by atoms with Gasteiger partial charge in [-0.1, -0.05) is 0 Å². The first-order valence-electron chi connectivity index (χ1n) is 8.20. The van der Waals surface area contributed by atoms with Gasteiger partial charge in [0, 0.05) is 29.7 Å². The van der Waals surface area contributed by atoms with Crippen molar-refractivity contribution in [1.82, 2.24) is 14.7 Å². The van der Waals surface area contributed by atoms with Gasteiger partial charge in [-0.05, 0) is 33.9 Å². The predicted molar refractivity (Wildman–Crippen MR) is 97.9 cm³/mol.